The molecule has 0 bridgehead atoms. The van der Waals surface area contributed by atoms with Crippen molar-refractivity contribution in [3.63, 3.8) is 0 Å². The maximum Gasteiger partial charge on any atom is 0.170 e. The normalized spacial score (nSPS) is 21.9. The van der Waals surface area contributed by atoms with Crippen LogP contribution in [0.4, 0.5) is 0 Å². The van der Waals surface area contributed by atoms with Gasteiger partial charge >= 0.3 is 0 Å². The van der Waals surface area contributed by atoms with Crippen molar-refractivity contribution in [3.8, 4) is 0 Å². The van der Waals surface area contributed by atoms with Gasteiger partial charge in [0.05, 0.1) is 0 Å². The molecule has 1 atom stereocenters. The maximum atomic E-state index is 6.23. The quantitative estimate of drug-likeness (QED) is 0.537. The van der Waals surface area contributed by atoms with Crippen LogP contribution in [0.15, 0.2) is 30.3 Å². The highest BCUT2D eigenvalue weighted by Gasteiger charge is 2.40. The molecule has 0 spiro atoms. The molecule has 0 amide bonds. The summed E-state index contributed by atoms with van der Waals surface area (Å²) in [6.07, 6.45) is 2.83. The highest BCUT2D eigenvalue weighted by molar-refractivity contribution is 6.18. The van der Waals surface area contributed by atoms with Gasteiger partial charge in [-0.05, 0) is 25.8 Å². The minimum atomic E-state index is -0.438. The van der Waals surface area contributed by atoms with Gasteiger partial charge in [0.25, 0.3) is 0 Å². The number of hydrogen-bond donors (Lipinski definition) is 0. The van der Waals surface area contributed by atoms with Crippen molar-refractivity contribution < 1.29 is 9.47 Å². The Hall–Kier alpha value is -0.610. The molecule has 0 N–H and O–H groups in total. The molecule has 4 heteroatoms. The van der Waals surface area contributed by atoms with Crippen LogP contribution in [0.25, 0.3) is 0 Å². The standard InChI is InChI=1S/C18H28ClNO2/c1-3-21-18(22-4-2)11-13-20(17(14-18)15-19)12-10-16-8-6-5-7-9-16/h5-9,17H,3-4,10-15H2,1-2H3/t17-/m0/s1. The molecule has 124 valence electrons. The lowest BCUT2D eigenvalue weighted by Gasteiger charge is -2.45. The van der Waals surface area contributed by atoms with Crippen molar-refractivity contribution in [1.82, 2.24) is 4.90 Å². The molecule has 1 saturated heterocycles. The highest BCUT2D eigenvalue weighted by Crippen LogP contribution is 2.32. The fourth-order valence-electron chi connectivity index (χ4n) is 3.28. The maximum absolute atomic E-state index is 6.23. The first-order chi connectivity index (χ1) is 10.7. The van der Waals surface area contributed by atoms with Crippen molar-refractivity contribution in [2.24, 2.45) is 0 Å². The first-order valence-corrected chi connectivity index (χ1v) is 8.88. The molecule has 22 heavy (non-hydrogen) atoms. The smallest absolute Gasteiger partial charge is 0.170 e. The fraction of sp³-hybridized carbons (Fsp3) is 0.667. The zero-order valence-corrected chi connectivity index (χ0v) is 14.5. The number of nitrogens with zero attached hydrogens (tertiary/aromatic N) is 1. The van der Waals surface area contributed by atoms with E-state index in [1.807, 2.05) is 13.8 Å². The molecular formula is C18H28ClNO2. The summed E-state index contributed by atoms with van der Waals surface area (Å²) in [5.74, 6) is 0.184. The van der Waals surface area contributed by atoms with E-state index in [4.69, 9.17) is 21.1 Å². The Bertz CT molecular complexity index is 420. The van der Waals surface area contributed by atoms with Crippen molar-refractivity contribution in [2.45, 2.75) is 44.9 Å². The van der Waals surface area contributed by atoms with E-state index in [2.05, 4.69) is 35.2 Å². The van der Waals surface area contributed by atoms with Crippen LogP contribution >= 0.6 is 11.6 Å². The summed E-state index contributed by atoms with van der Waals surface area (Å²) < 4.78 is 11.9. The Morgan fingerprint density at radius 2 is 1.86 bits per heavy atom. The monoisotopic (exact) mass is 325 g/mol. The fourth-order valence-corrected chi connectivity index (χ4v) is 3.58. The van der Waals surface area contributed by atoms with Crippen LogP contribution < -0.4 is 0 Å². The van der Waals surface area contributed by atoms with Crippen LogP contribution in [-0.2, 0) is 15.9 Å². The van der Waals surface area contributed by atoms with Gasteiger partial charge in [-0.15, -0.1) is 11.6 Å². The van der Waals surface area contributed by atoms with E-state index in [-0.39, 0.29) is 0 Å². The van der Waals surface area contributed by atoms with Crippen molar-refractivity contribution in [1.29, 1.82) is 0 Å². The molecule has 0 aromatic heterocycles. The SMILES string of the molecule is CCOC1(OCC)CCN(CCc2ccccc2)[C@H](CCl)C1. The second kappa shape index (κ2) is 8.88. The van der Waals surface area contributed by atoms with Crippen LogP contribution in [0.1, 0.15) is 32.3 Å². The Balaban J connectivity index is 1.94. The number of ether oxygens (including phenoxy) is 2. The van der Waals surface area contributed by atoms with Crippen LogP contribution in [0.3, 0.4) is 0 Å². The van der Waals surface area contributed by atoms with E-state index in [1.54, 1.807) is 0 Å². The zero-order valence-electron chi connectivity index (χ0n) is 13.8. The molecule has 3 nitrogen and oxygen atoms in total. The zero-order chi connectivity index (χ0) is 15.8. The topological polar surface area (TPSA) is 21.7 Å². The summed E-state index contributed by atoms with van der Waals surface area (Å²) in [6.45, 7) is 7.43. The predicted molar refractivity (Wildman–Crippen MR) is 91.4 cm³/mol. The minimum absolute atomic E-state index is 0.317. The van der Waals surface area contributed by atoms with Gasteiger partial charge in [-0.2, -0.15) is 0 Å². The molecule has 0 aliphatic carbocycles. The largest absolute Gasteiger partial charge is 0.350 e. The highest BCUT2D eigenvalue weighted by atomic mass is 35.5. The van der Waals surface area contributed by atoms with Crippen LogP contribution in [0, 0.1) is 0 Å². The number of benzene rings is 1. The number of piperidine rings is 1. The van der Waals surface area contributed by atoms with Crippen LogP contribution in [0.5, 0.6) is 0 Å². The van der Waals surface area contributed by atoms with E-state index in [0.29, 0.717) is 25.1 Å². The molecular weight excluding hydrogens is 298 g/mol. The van der Waals surface area contributed by atoms with E-state index in [9.17, 15) is 0 Å². The van der Waals surface area contributed by atoms with E-state index < -0.39 is 5.79 Å². The lowest BCUT2D eigenvalue weighted by atomic mass is 9.96. The molecule has 1 aliphatic heterocycles. The molecule has 1 fully saturated rings. The molecule has 1 aliphatic rings. The van der Waals surface area contributed by atoms with Gasteiger partial charge in [-0.3, -0.25) is 4.90 Å². The summed E-state index contributed by atoms with van der Waals surface area (Å²) in [5.41, 5.74) is 1.38. The number of halogens is 1. The van der Waals surface area contributed by atoms with Crippen molar-refractivity contribution in [3.05, 3.63) is 35.9 Å². The Morgan fingerprint density at radius 3 is 2.45 bits per heavy atom. The lowest BCUT2D eigenvalue weighted by molar-refractivity contribution is -0.259. The third-order valence-corrected chi connectivity index (χ3v) is 4.72. The van der Waals surface area contributed by atoms with E-state index in [0.717, 1.165) is 32.4 Å². The molecule has 1 aromatic rings. The van der Waals surface area contributed by atoms with E-state index in [1.165, 1.54) is 5.56 Å². The second-order valence-corrected chi connectivity index (χ2v) is 6.12. The van der Waals surface area contributed by atoms with Gasteiger partial charge < -0.3 is 9.47 Å². The molecule has 0 saturated carbocycles. The van der Waals surface area contributed by atoms with Gasteiger partial charge in [0, 0.05) is 51.1 Å². The Labute approximate surface area is 139 Å². The summed E-state index contributed by atoms with van der Waals surface area (Å²) in [7, 11) is 0. The Morgan fingerprint density at radius 1 is 1.18 bits per heavy atom. The molecule has 0 radical (unpaired) electrons. The van der Waals surface area contributed by atoms with Crippen LogP contribution in [-0.4, -0.2) is 48.9 Å². The Kier molecular flexibility index (Phi) is 7.16. The number of likely N-dealkylation sites (tertiary alicyclic amines) is 1. The summed E-state index contributed by atoms with van der Waals surface area (Å²) in [6, 6.07) is 10.9. The first-order valence-electron chi connectivity index (χ1n) is 8.35. The van der Waals surface area contributed by atoms with Crippen molar-refractivity contribution >= 4 is 11.6 Å². The van der Waals surface area contributed by atoms with Gasteiger partial charge in [-0.1, -0.05) is 30.3 Å². The molecule has 1 heterocycles. The number of alkyl halides is 1. The third kappa shape index (κ3) is 4.69. The lowest BCUT2D eigenvalue weighted by Crippen LogP contribution is -2.54. The average molecular weight is 326 g/mol. The predicted octanol–water partition coefficient (Wildman–Crippen LogP) is 3.70. The number of rotatable bonds is 8. The van der Waals surface area contributed by atoms with Gasteiger partial charge in [0.2, 0.25) is 0 Å². The summed E-state index contributed by atoms with van der Waals surface area (Å²) >= 11 is 6.23. The van der Waals surface area contributed by atoms with E-state index >= 15 is 0 Å². The molecule has 1 aromatic carbocycles. The minimum Gasteiger partial charge on any atom is -0.350 e. The first kappa shape index (κ1) is 17.7. The van der Waals surface area contributed by atoms with Gasteiger partial charge in [0.1, 0.15) is 0 Å². The van der Waals surface area contributed by atoms with Crippen molar-refractivity contribution in [2.75, 3.05) is 32.2 Å². The van der Waals surface area contributed by atoms with Gasteiger partial charge in [-0.25, -0.2) is 0 Å². The molecule has 0 unspecified atom stereocenters. The van der Waals surface area contributed by atoms with Gasteiger partial charge in [0.15, 0.2) is 5.79 Å². The third-order valence-electron chi connectivity index (χ3n) is 4.37. The second-order valence-electron chi connectivity index (χ2n) is 5.81. The summed E-state index contributed by atoms with van der Waals surface area (Å²) in [5, 5.41) is 0. The summed E-state index contributed by atoms with van der Waals surface area (Å²) in [4.78, 5) is 2.48. The average Bonchev–Trinajstić information content (AvgIpc) is 2.55. The number of hydrogen-bond acceptors (Lipinski definition) is 3. The molecule has 2 rings (SSSR count). The van der Waals surface area contributed by atoms with Crippen LogP contribution in [0.2, 0.25) is 0 Å².